The highest BCUT2D eigenvalue weighted by molar-refractivity contribution is 6.14. The largest absolute Gasteiger partial charge is 0.497 e. The molecule has 0 fully saturated rings. The summed E-state index contributed by atoms with van der Waals surface area (Å²) in [6.45, 7) is 1.91. The highest BCUT2D eigenvalue weighted by Crippen LogP contribution is 2.26. The van der Waals surface area contributed by atoms with Crippen LogP contribution in [0.2, 0.25) is 0 Å². The van der Waals surface area contributed by atoms with Gasteiger partial charge in [-0.3, -0.25) is 9.59 Å². The van der Waals surface area contributed by atoms with Crippen molar-refractivity contribution in [1.82, 2.24) is 5.32 Å². The van der Waals surface area contributed by atoms with Crippen molar-refractivity contribution in [3.8, 4) is 5.75 Å². The number of rotatable bonds is 2. The molecule has 1 unspecified atom stereocenters. The molecular weight excluding hydrogens is 292 g/mol. The normalized spacial score (nSPS) is 21.2. The van der Waals surface area contributed by atoms with Gasteiger partial charge in [0, 0.05) is 23.3 Å². The fourth-order valence-corrected chi connectivity index (χ4v) is 2.59. The number of carbonyl (C=O) groups is 2. The van der Waals surface area contributed by atoms with E-state index in [4.69, 9.17) is 4.74 Å². The molecule has 0 radical (unpaired) electrons. The first-order chi connectivity index (χ1) is 11.1. The second kappa shape index (κ2) is 6.04. The summed E-state index contributed by atoms with van der Waals surface area (Å²) < 4.78 is 5.11. The van der Waals surface area contributed by atoms with Gasteiger partial charge in [0.2, 0.25) is 5.91 Å². The van der Waals surface area contributed by atoms with Crippen LogP contribution in [0, 0.1) is 5.92 Å². The van der Waals surface area contributed by atoms with Crippen molar-refractivity contribution >= 4 is 17.5 Å². The number of aliphatic imine (C=N–C) groups is 1. The van der Waals surface area contributed by atoms with Crippen LogP contribution in [0.3, 0.4) is 0 Å². The number of methoxy groups -OCH3 is 1. The Kier molecular flexibility index (Phi) is 3.93. The quantitative estimate of drug-likeness (QED) is 0.912. The molecule has 23 heavy (non-hydrogen) atoms. The van der Waals surface area contributed by atoms with E-state index in [1.807, 2.05) is 13.0 Å². The Morgan fingerprint density at radius 1 is 1.30 bits per heavy atom. The SMILES string of the molecule is COc1cccc(C(=O)N=C2C=CC3C(C)=CC(=O)NC3=C2)c1. The van der Waals surface area contributed by atoms with Gasteiger partial charge in [-0.05, 0) is 37.3 Å². The monoisotopic (exact) mass is 308 g/mol. The maximum atomic E-state index is 12.3. The molecule has 1 heterocycles. The fraction of sp³-hybridized carbons (Fsp3) is 0.167. The highest BCUT2D eigenvalue weighted by atomic mass is 16.5. The molecule has 116 valence electrons. The molecule has 0 aromatic heterocycles. The van der Waals surface area contributed by atoms with Gasteiger partial charge in [0.1, 0.15) is 5.75 Å². The minimum Gasteiger partial charge on any atom is -0.497 e. The third-order valence-corrected chi connectivity index (χ3v) is 3.76. The van der Waals surface area contributed by atoms with Gasteiger partial charge in [-0.1, -0.05) is 17.7 Å². The molecule has 2 aliphatic rings. The van der Waals surface area contributed by atoms with Crippen LogP contribution in [-0.4, -0.2) is 24.6 Å². The van der Waals surface area contributed by atoms with Crippen LogP contribution in [0.25, 0.3) is 0 Å². The van der Waals surface area contributed by atoms with E-state index in [9.17, 15) is 9.59 Å². The lowest BCUT2D eigenvalue weighted by atomic mass is 9.89. The van der Waals surface area contributed by atoms with E-state index in [2.05, 4.69) is 10.3 Å². The van der Waals surface area contributed by atoms with E-state index < -0.39 is 0 Å². The lowest BCUT2D eigenvalue weighted by molar-refractivity contribution is -0.116. The smallest absolute Gasteiger partial charge is 0.277 e. The second-order valence-corrected chi connectivity index (χ2v) is 5.39. The lowest BCUT2D eigenvalue weighted by Gasteiger charge is -2.25. The Morgan fingerprint density at radius 3 is 2.91 bits per heavy atom. The van der Waals surface area contributed by atoms with Crippen LogP contribution in [0.15, 0.2) is 64.8 Å². The van der Waals surface area contributed by atoms with Crippen molar-refractivity contribution in [2.75, 3.05) is 7.11 Å². The zero-order valence-electron chi connectivity index (χ0n) is 12.9. The van der Waals surface area contributed by atoms with Crippen LogP contribution in [-0.2, 0) is 4.79 Å². The van der Waals surface area contributed by atoms with Gasteiger partial charge in [-0.2, -0.15) is 0 Å². The molecule has 2 amide bonds. The van der Waals surface area contributed by atoms with Gasteiger partial charge >= 0.3 is 0 Å². The Bertz CT molecular complexity index is 800. The summed E-state index contributed by atoms with van der Waals surface area (Å²) in [4.78, 5) is 28.0. The number of allylic oxidation sites excluding steroid dienone is 3. The number of benzene rings is 1. The van der Waals surface area contributed by atoms with Crippen molar-refractivity contribution in [2.45, 2.75) is 6.92 Å². The topological polar surface area (TPSA) is 67.8 Å². The minimum absolute atomic E-state index is 0.0403. The molecule has 1 atom stereocenters. The van der Waals surface area contributed by atoms with Crippen LogP contribution >= 0.6 is 0 Å². The van der Waals surface area contributed by atoms with E-state index >= 15 is 0 Å². The number of carbonyl (C=O) groups excluding carboxylic acids is 2. The summed E-state index contributed by atoms with van der Waals surface area (Å²) in [5.41, 5.74) is 2.68. The molecule has 1 aromatic rings. The molecule has 0 saturated carbocycles. The molecule has 1 aliphatic carbocycles. The molecule has 3 rings (SSSR count). The maximum absolute atomic E-state index is 12.3. The van der Waals surface area contributed by atoms with Crippen molar-refractivity contribution < 1.29 is 14.3 Å². The molecule has 1 aromatic carbocycles. The Hall–Kier alpha value is -2.95. The number of ether oxygens (including phenoxy) is 1. The van der Waals surface area contributed by atoms with Crippen molar-refractivity contribution in [1.29, 1.82) is 0 Å². The average Bonchev–Trinajstić information content (AvgIpc) is 2.54. The first kappa shape index (κ1) is 15.0. The number of nitrogens with one attached hydrogen (secondary N) is 1. The lowest BCUT2D eigenvalue weighted by Crippen LogP contribution is -2.32. The van der Waals surface area contributed by atoms with Crippen molar-refractivity contribution in [2.24, 2.45) is 10.9 Å². The molecule has 5 heteroatoms. The molecule has 1 N–H and O–H groups in total. The number of amides is 2. The number of hydrogen-bond acceptors (Lipinski definition) is 3. The Labute approximate surface area is 134 Å². The average molecular weight is 308 g/mol. The predicted octanol–water partition coefficient (Wildman–Crippen LogP) is 2.42. The molecular formula is C18H16N2O3. The first-order valence-corrected chi connectivity index (χ1v) is 7.23. The van der Waals surface area contributed by atoms with E-state index in [-0.39, 0.29) is 17.7 Å². The molecule has 1 aliphatic heterocycles. The van der Waals surface area contributed by atoms with Gasteiger partial charge in [0.05, 0.1) is 12.8 Å². The maximum Gasteiger partial charge on any atom is 0.277 e. The fourth-order valence-electron chi connectivity index (χ4n) is 2.59. The highest BCUT2D eigenvalue weighted by Gasteiger charge is 2.23. The van der Waals surface area contributed by atoms with Crippen LogP contribution in [0.5, 0.6) is 5.75 Å². The van der Waals surface area contributed by atoms with E-state index in [1.165, 1.54) is 0 Å². The Morgan fingerprint density at radius 2 is 2.13 bits per heavy atom. The van der Waals surface area contributed by atoms with Gasteiger partial charge < -0.3 is 10.1 Å². The Balaban J connectivity index is 1.86. The third kappa shape index (κ3) is 3.13. The number of nitrogens with zero attached hydrogens (tertiary/aromatic N) is 1. The van der Waals surface area contributed by atoms with E-state index in [0.29, 0.717) is 17.0 Å². The number of hydrogen-bond donors (Lipinski definition) is 1. The van der Waals surface area contributed by atoms with Gasteiger partial charge in [-0.25, -0.2) is 4.99 Å². The summed E-state index contributed by atoms with van der Waals surface area (Å²) >= 11 is 0. The summed E-state index contributed by atoms with van der Waals surface area (Å²) in [5, 5.41) is 2.79. The second-order valence-electron chi connectivity index (χ2n) is 5.39. The van der Waals surface area contributed by atoms with Crippen LogP contribution in [0.1, 0.15) is 17.3 Å². The minimum atomic E-state index is -0.353. The third-order valence-electron chi connectivity index (χ3n) is 3.76. The van der Waals surface area contributed by atoms with Gasteiger partial charge in [0.25, 0.3) is 5.91 Å². The predicted molar refractivity (Wildman–Crippen MR) is 87.4 cm³/mol. The summed E-state index contributed by atoms with van der Waals surface area (Å²) in [6, 6.07) is 6.84. The van der Waals surface area contributed by atoms with E-state index in [0.717, 1.165) is 11.3 Å². The summed E-state index contributed by atoms with van der Waals surface area (Å²) in [6.07, 6.45) is 7.03. The van der Waals surface area contributed by atoms with Crippen molar-refractivity contribution in [3.05, 3.63) is 65.4 Å². The molecule has 0 spiro atoms. The van der Waals surface area contributed by atoms with Gasteiger partial charge in [0.15, 0.2) is 0 Å². The van der Waals surface area contributed by atoms with Crippen LogP contribution in [0.4, 0.5) is 0 Å². The first-order valence-electron chi connectivity index (χ1n) is 7.23. The summed E-state index contributed by atoms with van der Waals surface area (Å²) in [5.74, 6) is 0.138. The molecule has 5 nitrogen and oxygen atoms in total. The zero-order chi connectivity index (χ0) is 16.4. The van der Waals surface area contributed by atoms with E-state index in [1.54, 1.807) is 49.6 Å². The van der Waals surface area contributed by atoms with Crippen LogP contribution < -0.4 is 10.1 Å². The summed E-state index contributed by atoms with van der Waals surface area (Å²) in [7, 11) is 1.55. The van der Waals surface area contributed by atoms with Crippen molar-refractivity contribution in [3.63, 3.8) is 0 Å². The molecule has 0 saturated heterocycles. The standard InChI is InChI=1S/C18H16N2O3/c1-11-8-17(21)20-16-10-13(6-7-15(11)16)19-18(22)12-4-3-5-14(9-12)23-2/h3-10,15H,1-2H3,(H,20,21). The molecule has 0 bridgehead atoms. The number of fused-ring (bicyclic) bond motifs is 1. The van der Waals surface area contributed by atoms with Gasteiger partial charge in [-0.15, -0.1) is 0 Å². The zero-order valence-corrected chi connectivity index (χ0v) is 12.9.